The number of thiophene rings is 1. The van der Waals surface area contributed by atoms with Gasteiger partial charge < -0.3 is 10.2 Å². The van der Waals surface area contributed by atoms with Gasteiger partial charge in [-0.3, -0.25) is 4.79 Å². The van der Waals surface area contributed by atoms with Crippen LogP contribution in [-0.2, 0) is 6.42 Å². The molecule has 1 saturated heterocycles. The monoisotopic (exact) mass is 302 g/mol. The molecule has 0 aliphatic carbocycles. The maximum Gasteiger partial charge on any atom is 0.264 e. The van der Waals surface area contributed by atoms with Crippen LogP contribution in [-0.4, -0.2) is 36.0 Å². The normalized spacial score (nSPS) is 23.1. The molecule has 2 heterocycles. The molecule has 108 valence electrons. The number of hydrogen-bond donors (Lipinski definition) is 1. The molecule has 1 aromatic heterocycles. The van der Waals surface area contributed by atoms with Crippen LogP contribution in [0.1, 0.15) is 40.9 Å². The van der Waals surface area contributed by atoms with E-state index in [9.17, 15) is 4.79 Å². The Morgan fingerprint density at radius 1 is 1.53 bits per heavy atom. The Balaban J connectivity index is 0.00000180. The second-order valence-corrected chi connectivity index (χ2v) is 6.19. The molecule has 1 amide bonds. The number of carbonyl (C=O) groups is 1. The molecule has 2 atom stereocenters. The highest BCUT2D eigenvalue weighted by molar-refractivity contribution is 7.14. The predicted octanol–water partition coefficient (Wildman–Crippen LogP) is 2.86. The van der Waals surface area contributed by atoms with Crippen LogP contribution in [0.3, 0.4) is 0 Å². The highest BCUT2D eigenvalue weighted by Gasteiger charge is 2.29. The molecule has 1 aliphatic rings. The summed E-state index contributed by atoms with van der Waals surface area (Å²) in [6.07, 6.45) is 1.01. The second kappa shape index (κ2) is 6.73. The van der Waals surface area contributed by atoms with E-state index in [0.717, 1.165) is 24.4 Å². The lowest BCUT2D eigenvalue weighted by Gasteiger charge is -2.38. The third-order valence-electron chi connectivity index (χ3n) is 3.85. The van der Waals surface area contributed by atoms with Gasteiger partial charge in [-0.1, -0.05) is 6.92 Å². The summed E-state index contributed by atoms with van der Waals surface area (Å²) in [5.41, 5.74) is 1.25. The number of nitrogens with zero attached hydrogens (tertiary/aromatic N) is 1. The van der Waals surface area contributed by atoms with E-state index < -0.39 is 0 Å². The summed E-state index contributed by atoms with van der Waals surface area (Å²) < 4.78 is 0. The topological polar surface area (TPSA) is 32.3 Å². The fourth-order valence-electron chi connectivity index (χ4n) is 2.46. The Labute approximate surface area is 125 Å². The summed E-state index contributed by atoms with van der Waals surface area (Å²) in [4.78, 5) is 16.8. The molecule has 0 bridgehead atoms. The minimum absolute atomic E-state index is 0. The number of nitrogens with one attached hydrogen (secondary N) is 1. The van der Waals surface area contributed by atoms with Crippen LogP contribution >= 0.6 is 23.7 Å². The quantitative estimate of drug-likeness (QED) is 0.911. The van der Waals surface area contributed by atoms with Crippen LogP contribution in [0.5, 0.6) is 0 Å². The average Bonchev–Trinajstić information content (AvgIpc) is 2.73. The lowest BCUT2D eigenvalue weighted by atomic mass is 10.1. The first-order chi connectivity index (χ1) is 8.54. The third-order valence-corrected chi connectivity index (χ3v) is 5.22. The van der Waals surface area contributed by atoms with E-state index in [4.69, 9.17) is 0 Å². The van der Waals surface area contributed by atoms with E-state index in [2.05, 4.69) is 33.0 Å². The van der Waals surface area contributed by atoms with Crippen molar-refractivity contribution in [3.05, 3.63) is 21.4 Å². The van der Waals surface area contributed by atoms with E-state index >= 15 is 0 Å². The van der Waals surface area contributed by atoms with Crippen molar-refractivity contribution in [2.45, 2.75) is 46.2 Å². The number of aryl methyl sites for hydroxylation is 2. The third kappa shape index (κ3) is 3.30. The van der Waals surface area contributed by atoms with Crippen molar-refractivity contribution in [3.8, 4) is 0 Å². The van der Waals surface area contributed by atoms with E-state index in [0.29, 0.717) is 6.04 Å². The van der Waals surface area contributed by atoms with Crippen molar-refractivity contribution < 1.29 is 4.79 Å². The number of halogens is 1. The first kappa shape index (κ1) is 16.5. The van der Waals surface area contributed by atoms with E-state index in [-0.39, 0.29) is 24.4 Å². The number of piperazine rings is 1. The molecule has 2 unspecified atom stereocenters. The van der Waals surface area contributed by atoms with Gasteiger partial charge in [0.2, 0.25) is 0 Å². The maximum atomic E-state index is 12.5. The SMILES string of the molecule is CCc1sc(C(=O)N2CCNC(C)C2C)cc1C.Cl. The number of amides is 1. The van der Waals surface area contributed by atoms with Crippen molar-refractivity contribution >= 4 is 29.7 Å². The van der Waals surface area contributed by atoms with E-state index in [1.165, 1.54) is 10.4 Å². The predicted molar refractivity (Wildman–Crippen MR) is 83.6 cm³/mol. The molecular weight excluding hydrogens is 280 g/mol. The molecule has 2 rings (SSSR count). The average molecular weight is 303 g/mol. The number of carbonyl (C=O) groups excluding carboxylic acids is 1. The standard InChI is InChI=1S/C14H22N2OS.ClH/c1-5-12-9(2)8-13(18-12)14(17)16-7-6-15-10(3)11(16)4;/h8,10-11,15H,5-7H2,1-4H3;1H. The molecule has 0 aromatic carbocycles. The smallest absolute Gasteiger partial charge is 0.264 e. The Kier molecular flexibility index (Phi) is 5.83. The van der Waals surface area contributed by atoms with Crippen molar-refractivity contribution in [3.63, 3.8) is 0 Å². The fourth-order valence-corrected chi connectivity index (χ4v) is 3.53. The maximum absolute atomic E-state index is 12.5. The minimum atomic E-state index is 0. The van der Waals surface area contributed by atoms with Crippen molar-refractivity contribution in [2.24, 2.45) is 0 Å². The van der Waals surface area contributed by atoms with Gasteiger partial charge >= 0.3 is 0 Å². The molecule has 0 radical (unpaired) electrons. The van der Waals surface area contributed by atoms with Crippen LogP contribution in [0.25, 0.3) is 0 Å². The van der Waals surface area contributed by atoms with Gasteiger partial charge in [0, 0.05) is 30.1 Å². The van der Waals surface area contributed by atoms with Crippen molar-refractivity contribution in [2.75, 3.05) is 13.1 Å². The zero-order chi connectivity index (χ0) is 13.3. The van der Waals surface area contributed by atoms with Crippen LogP contribution in [0.2, 0.25) is 0 Å². The molecule has 19 heavy (non-hydrogen) atoms. The molecule has 5 heteroatoms. The molecule has 3 nitrogen and oxygen atoms in total. The summed E-state index contributed by atoms with van der Waals surface area (Å²) in [5, 5.41) is 3.41. The van der Waals surface area contributed by atoms with Gasteiger partial charge in [-0.25, -0.2) is 0 Å². The molecule has 0 saturated carbocycles. The van der Waals surface area contributed by atoms with Gasteiger partial charge in [0.1, 0.15) is 0 Å². The lowest BCUT2D eigenvalue weighted by molar-refractivity contribution is 0.0608. The second-order valence-electron chi connectivity index (χ2n) is 5.05. The molecule has 0 spiro atoms. The molecule has 1 N–H and O–H groups in total. The zero-order valence-electron chi connectivity index (χ0n) is 12.0. The van der Waals surface area contributed by atoms with Crippen LogP contribution in [0.15, 0.2) is 6.07 Å². The fraction of sp³-hybridized carbons (Fsp3) is 0.643. The van der Waals surface area contributed by atoms with Gasteiger partial charge in [0.15, 0.2) is 0 Å². The summed E-state index contributed by atoms with van der Waals surface area (Å²) in [6.45, 7) is 10.2. The van der Waals surface area contributed by atoms with E-state index in [1.54, 1.807) is 11.3 Å². The highest BCUT2D eigenvalue weighted by atomic mass is 35.5. The van der Waals surface area contributed by atoms with Crippen molar-refractivity contribution in [1.82, 2.24) is 10.2 Å². The summed E-state index contributed by atoms with van der Waals surface area (Å²) in [7, 11) is 0. The molecule has 1 aliphatic heterocycles. The van der Waals surface area contributed by atoms with Crippen LogP contribution in [0.4, 0.5) is 0 Å². The van der Waals surface area contributed by atoms with Gasteiger partial charge in [0.05, 0.1) is 4.88 Å². The lowest BCUT2D eigenvalue weighted by Crippen LogP contribution is -2.57. The summed E-state index contributed by atoms with van der Waals surface area (Å²) in [5.74, 6) is 0.198. The van der Waals surface area contributed by atoms with Crippen LogP contribution < -0.4 is 5.32 Å². The Bertz CT molecular complexity index is 447. The number of hydrogen-bond acceptors (Lipinski definition) is 3. The van der Waals surface area contributed by atoms with Crippen molar-refractivity contribution in [1.29, 1.82) is 0 Å². The van der Waals surface area contributed by atoms with E-state index in [1.807, 2.05) is 11.0 Å². The first-order valence-electron chi connectivity index (χ1n) is 6.68. The Morgan fingerprint density at radius 3 is 2.79 bits per heavy atom. The van der Waals surface area contributed by atoms with Gasteiger partial charge in [0.25, 0.3) is 5.91 Å². The van der Waals surface area contributed by atoms with Crippen LogP contribution in [0, 0.1) is 6.92 Å². The first-order valence-corrected chi connectivity index (χ1v) is 7.50. The highest BCUT2D eigenvalue weighted by Crippen LogP contribution is 2.25. The largest absolute Gasteiger partial charge is 0.332 e. The van der Waals surface area contributed by atoms with Gasteiger partial charge in [-0.05, 0) is 38.8 Å². The minimum Gasteiger partial charge on any atom is -0.332 e. The summed E-state index contributed by atoms with van der Waals surface area (Å²) >= 11 is 1.65. The number of rotatable bonds is 2. The van der Waals surface area contributed by atoms with Gasteiger partial charge in [-0.2, -0.15) is 0 Å². The molecule has 1 fully saturated rings. The summed E-state index contributed by atoms with van der Waals surface area (Å²) in [6, 6.07) is 2.68. The Hall–Kier alpha value is -0.580. The van der Waals surface area contributed by atoms with Gasteiger partial charge in [-0.15, -0.1) is 23.7 Å². The molecular formula is C14H23ClN2OS. The zero-order valence-corrected chi connectivity index (χ0v) is 13.7. The Morgan fingerprint density at radius 2 is 2.21 bits per heavy atom. The molecule has 1 aromatic rings.